The first kappa shape index (κ1) is 21.2. The standard InChI is InChI=1S/C16H24Cl2N2O3S/c1-5-20(11-15(21)19-16(2,3)4)8-9-24(22,23)14-10-12(17)6-7-13(14)18/h6-7,10H,5,8-9,11H2,1-4H3,(H,19,21). The van der Waals surface area contributed by atoms with E-state index in [1.54, 1.807) is 4.90 Å². The van der Waals surface area contributed by atoms with Gasteiger partial charge in [0.05, 0.1) is 22.2 Å². The van der Waals surface area contributed by atoms with E-state index >= 15 is 0 Å². The zero-order valence-electron chi connectivity index (χ0n) is 14.4. The van der Waals surface area contributed by atoms with Crippen molar-refractivity contribution >= 4 is 38.9 Å². The first-order valence-corrected chi connectivity index (χ1v) is 10.1. The first-order valence-electron chi connectivity index (χ1n) is 7.66. The summed E-state index contributed by atoms with van der Waals surface area (Å²) in [6.45, 7) is 8.51. The maximum absolute atomic E-state index is 12.5. The zero-order chi connectivity index (χ0) is 18.5. The number of sulfone groups is 1. The van der Waals surface area contributed by atoms with Crippen molar-refractivity contribution in [2.45, 2.75) is 38.1 Å². The zero-order valence-corrected chi connectivity index (χ0v) is 16.7. The number of halogens is 2. The largest absolute Gasteiger partial charge is 0.350 e. The Kier molecular flexibility index (Phi) is 7.53. The van der Waals surface area contributed by atoms with E-state index in [0.717, 1.165) is 0 Å². The van der Waals surface area contributed by atoms with Crippen LogP contribution in [0.1, 0.15) is 27.7 Å². The van der Waals surface area contributed by atoms with Crippen molar-refractivity contribution in [2.75, 3.05) is 25.4 Å². The molecule has 136 valence electrons. The van der Waals surface area contributed by atoms with Crippen molar-refractivity contribution < 1.29 is 13.2 Å². The fraction of sp³-hybridized carbons (Fsp3) is 0.562. The van der Waals surface area contributed by atoms with Crippen LogP contribution in [0, 0.1) is 0 Å². The van der Waals surface area contributed by atoms with Crippen molar-refractivity contribution in [1.82, 2.24) is 10.2 Å². The fourth-order valence-electron chi connectivity index (χ4n) is 2.08. The second kappa shape index (κ2) is 8.52. The molecule has 0 aliphatic heterocycles. The molecule has 0 radical (unpaired) electrons. The summed E-state index contributed by atoms with van der Waals surface area (Å²) in [4.78, 5) is 13.8. The lowest BCUT2D eigenvalue weighted by atomic mass is 10.1. The number of hydrogen-bond acceptors (Lipinski definition) is 4. The lowest BCUT2D eigenvalue weighted by molar-refractivity contribution is -0.123. The van der Waals surface area contributed by atoms with Gasteiger partial charge in [-0.3, -0.25) is 9.69 Å². The predicted molar refractivity (Wildman–Crippen MR) is 98.5 cm³/mol. The van der Waals surface area contributed by atoms with Crippen LogP contribution >= 0.6 is 23.2 Å². The minimum absolute atomic E-state index is 0.0202. The van der Waals surface area contributed by atoms with Crippen LogP contribution in [0.25, 0.3) is 0 Å². The normalized spacial score (nSPS) is 12.5. The van der Waals surface area contributed by atoms with Crippen molar-refractivity contribution in [3.8, 4) is 0 Å². The molecule has 0 fully saturated rings. The third-order valence-corrected chi connectivity index (χ3v) is 5.64. The molecule has 0 saturated heterocycles. The molecular weight excluding hydrogens is 371 g/mol. The van der Waals surface area contributed by atoms with Gasteiger partial charge >= 0.3 is 0 Å². The lowest BCUT2D eigenvalue weighted by Crippen LogP contribution is -2.46. The highest BCUT2D eigenvalue weighted by atomic mass is 35.5. The summed E-state index contributed by atoms with van der Waals surface area (Å²) in [6, 6.07) is 4.35. The molecule has 0 aliphatic rings. The van der Waals surface area contributed by atoms with E-state index in [9.17, 15) is 13.2 Å². The highest BCUT2D eigenvalue weighted by molar-refractivity contribution is 7.91. The average molecular weight is 395 g/mol. The van der Waals surface area contributed by atoms with Crippen LogP contribution in [0.15, 0.2) is 23.1 Å². The molecule has 0 heterocycles. The number of nitrogens with zero attached hydrogens (tertiary/aromatic N) is 1. The van der Waals surface area contributed by atoms with Gasteiger partial charge in [0.15, 0.2) is 9.84 Å². The van der Waals surface area contributed by atoms with Gasteiger partial charge in [0.2, 0.25) is 5.91 Å². The van der Waals surface area contributed by atoms with Gasteiger partial charge in [0, 0.05) is 17.1 Å². The van der Waals surface area contributed by atoms with Crippen molar-refractivity contribution in [3.05, 3.63) is 28.2 Å². The van der Waals surface area contributed by atoms with E-state index in [-0.39, 0.29) is 40.2 Å². The van der Waals surface area contributed by atoms with Gasteiger partial charge in [-0.1, -0.05) is 30.1 Å². The maximum atomic E-state index is 12.5. The number of benzene rings is 1. The Balaban J connectivity index is 2.74. The number of nitrogens with one attached hydrogen (secondary N) is 1. The van der Waals surface area contributed by atoms with Crippen molar-refractivity contribution in [1.29, 1.82) is 0 Å². The summed E-state index contributed by atoms with van der Waals surface area (Å²) in [7, 11) is -3.58. The monoisotopic (exact) mass is 394 g/mol. The Bertz CT molecular complexity index is 685. The molecule has 0 aliphatic carbocycles. The van der Waals surface area contributed by atoms with Crippen LogP contribution < -0.4 is 5.32 Å². The number of amides is 1. The molecular formula is C16H24Cl2N2O3S. The fourth-order valence-corrected chi connectivity index (χ4v) is 4.18. The van der Waals surface area contributed by atoms with E-state index < -0.39 is 9.84 Å². The van der Waals surface area contributed by atoms with E-state index in [0.29, 0.717) is 11.6 Å². The Morgan fingerprint density at radius 1 is 1.25 bits per heavy atom. The molecule has 0 spiro atoms. The summed E-state index contributed by atoms with van der Waals surface area (Å²) in [5.74, 6) is -0.272. The Morgan fingerprint density at radius 2 is 1.88 bits per heavy atom. The van der Waals surface area contributed by atoms with Crippen molar-refractivity contribution in [2.24, 2.45) is 0 Å². The quantitative estimate of drug-likeness (QED) is 0.771. The Morgan fingerprint density at radius 3 is 2.42 bits per heavy atom. The molecule has 1 amide bonds. The molecule has 8 heteroatoms. The summed E-state index contributed by atoms with van der Waals surface area (Å²) in [5, 5.41) is 3.32. The smallest absolute Gasteiger partial charge is 0.234 e. The van der Waals surface area contributed by atoms with Gasteiger partial charge in [-0.25, -0.2) is 8.42 Å². The molecule has 0 unspecified atom stereocenters. The third-order valence-electron chi connectivity index (χ3n) is 3.23. The molecule has 0 saturated carbocycles. The Labute approximate surface area is 154 Å². The van der Waals surface area contributed by atoms with Crippen LogP contribution in [0.3, 0.4) is 0 Å². The third kappa shape index (κ3) is 6.97. The number of carbonyl (C=O) groups is 1. The molecule has 24 heavy (non-hydrogen) atoms. The van der Waals surface area contributed by atoms with E-state index in [4.69, 9.17) is 23.2 Å². The molecule has 5 nitrogen and oxygen atoms in total. The lowest BCUT2D eigenvalue weighted by Gasteiger charge is -2.24. The van der Waals surface area contributed by atoms with E-state index in [2.05, 4.69) is 5.32 Å². The number of likely N-dealkylation sites (N-methyl/N-ethyl adjacent to an activating group) is 1. The van der Waals surface area contributed by atoms with Crippen molar-refractivity contribution in [3.63, 3.8) is 0 Å². The summed E-state index contributed by atoms with van der Waals surface area (Å²) >= 11 is 11.8. The second-order valence-corrected chi connectivity index (χ2v) is 9.48. The minimum atomic E-state index is -3.58. The van der Waals surface area contributed by atoms with E-state index in [1.807, 2.05) is 27.7 Å². The molecule has 1 aromatic carbocycles. The van der Waals surface area contributed by atoms with Crippen LogP contribution in [0.5, 0.6) is 0 Å². The highest BCUT2D eigenvalue weighted by Crippen LogP contribution is 2.25. The Hall–Kier alpha value is -0.820. The number of rotatable bonds is 7. The SMILES string of the molecule is CCN(CCS(=O)(=O)c1cc(Cl)ccc1Cl)CC(=O)NC(C)(C)C. The summed E-state index contributed by atoms with van der Waals surface area (Å²) in [5.41, 5.74) is -0.323. The topological polar surface area (TPSA) is 66.5 Å². The molecule has 0 atom stereocenters. The van der Waals surface area contributed by atoms with Gasteiger partial charge in [-0.05, 0) is 45.5 Å². The van der Waals surface area contributed by atoms with Gasteiger partial charge in [0.25, 0.3) is 0 Å². The van der Waals surface area contributed by atoms with Crippen LogP contribution in [-0.2, 0) is 14.6 Å². The van der Waals surface area contributed by atoms with Gasteiger partial charge in [-0.15, -0.1) is 0 Å². The summed E-state index contributed by atoms with van der Waals surface area (Å²) in [6.07, 6.45) is 0. The van der Waals surface area contributed by atoms with Crippen LogP contribution in [0.2, 0.25) is 10.0 Å². The first-order chi connectivity index (χ1) is 10.9. The number of hydrogen-bond donors (Lipinski definition) is 1. The van der Waals surface area contributed by atoms with Crippen LogP contribution in [0.4, 0.5) is 0 Å². The minimum Gasteiger partial charge on any atom is -0.350 e. The molecule has 0 aromatic heterocycles. The second-order valence-electron chi connectivity index (χ2n) is 6.56. The average Bonchev–Trinajstić information content (AvgIpc) is 2.44. The van der Waals surface area contributed by atoms with Gasteiger partial charge < -0.3 is 5.32 Å². The summed E-state index contributed by atoms with van der Waals surface area (Å²) < 4.78 is 24.9. The van der Waals surface area contributed by atoms with Gasteiger partial charge in [0.1, 0.15) is 0 Å². The molecule has 0 bridgehead atoms. The number of carbonyl (C=O) groups excluding carboxylic acids is 1. The molecule has 1 rings (SSSR count). The molecule has 1 aromatic rings. The maximum Gasteiger partial charge on any atom is 0.234 e. The van der Waals surface area contributed by atoms with Gasteiger partial charge in [-0.2, -0.15) is 0 Å². The predicted octanol–water partition coefficient (Wildman–Crippen LogP) is 3.00. The van der Waals surface area contributed by atoms with E-state index in [1.165, 1.54) is 18.2 Å². The van der Waals surface area contributed by atoms with Crippen LogP contribution in [-0.4, -0.2) is 50.2 Å². The highest BCUT2D eigenvalue weighted by Gasteiger charge is 2.21. The molecule has 1 N–H and O–H groups in total.